The van der Waals surface area contributed by atoms with Gasteiger partial charge < -0.3 is 35.8 Å². The van der Waals surface area contributed by atoms with Crippen molar-refractivity contribution in [3.8, 4) is 5.75 Å². The minimum absolute atomic E-state index is 0.0111. The number of fused-ring (bicyclic) bond motifs is 14. The summed E-state index contributed by atoms with van der Waals surface area (Å²) in [5.74, 6) is -0.616. The average molecular weight is 788 g/mol. The van der Waals surface area contributed by atoms with Crippen LogP contribution in [0.1, 0.15) is 99.0 Å². The van der Waals surface area contributed by atoms with Gasteiger partial charge in [-0.1, -0.05) is 45.7 Å². The quantitative estimate of drug-likeness (QED) is 0.188. The highest BCUT2D eigenvalue weighted by Gasteiger charge is 2.34. The van der Waals surface area contributed by atoms with Gasteiger partial charge in [-0.15, -0.1) is 0 Å². The topological polar surface area (TPSA) is 192 Å². The molecule has 5 N–H and O–H groups in total. The fourth-order valence-electron chi connectivity index (χ4n) is 5.96. The van der Waals surface area contributed by atoms with Crippen LogP contribution in [0.15, 0.2) is 53.4 Å². The summed E-state index contributed by atoms with van der Waals surface area (Å²) in [6, 6.07) is 10.1. The number of carbonyl (C=O) groups excluding carboxylic acids is 4. The number of rotatable bonds is 13. The predicted octanol–water partition coefficient (Wildman–Crippen LogP) is 4.90. The molecule has 0 aliphatic carbocycles. The van der Waals surface area contributed by atoms with Crippen LogP contribution < -0.4 is 26.0 Å². The molecular formula is C40H61N5O9S. The van der Waals surface area contributed by atoms with Crippen LogP contribution in [-0.4, -0.2) is 91.2 Å². The monoisotopic (exact) mass is 787 g/mol. The molecule has 2 aromatic rings. The first-order chi connectivity index (χ1) is 25.9. The number of aliphatic hydroxyl groups is 1. The molecule has 0 saturated heterocycles. The number of anilines is 1. The zero-order chi connectivity index (χ0) is 40.8. The number of sulfonamides is 1. The van der Waals surface area contributed by atoms with E-state index in [9.17, 15) is 32.7 Å². The zero-order valence-corrected chi connectivity index (χ0v) is 34.2. The van der Waals surface area contributed by atoms with E-state index in [1.807, 2.05) is 32.9 Å². The number of nitrogens with one attached hydrogen (secondary N) is 4. The highest BCUT2D eigenvalue weighted by Crippen LogP contribution is 2.22. The summed E-state index contributed by atoms with van der Waals surface area (Å²) >= 11 is 0. The van der Waals surface area contributed by atoms with E-state index >= 15 is 0 Å². The number of alkyl carbamates (subject to hydrolysis) is 1. The van der Waals surface area contributed by atoms with Crippen molar-refractivity contribution in [2.24, 2.45) is 5.92 Å². The number of unbranched alkanes of at least 4 members (excludes halogenated alkanes) is 1. The van der Waals surface area contributed by atoms with Crippen molar-refractivity contribution in [3.63, 3.8) is 0 Å². The van der Waals surface area contributed by atoms with Crippen molar-refractivity contribution >= 4 is 39.5 Å². The van der Waals surface area contributed by atoms with Gasteiger partial charge in [-0.3, -0.25) is 14.4 Å². The van der Waals surface area contributed by atoms with E-state index < -0.39 is 57.8 Å². The van der Waals surface area contributed by atoms with Gasteiger partial charge in [0.15, 0.2) is 0 Å². The predicted molar refractivity (Wildman–Crippen MR) is 211 cm³/mol. The standard InChI is InChI=1S/C40H61N5O9S/c1-8-9-12-33-37(48)43-35(36(47)26-45(23-22-27(2)3)55(51,52)32-20-16-30(17-21-32)41-28(4)46)25-29-14-18-31(19-15-29)53-24-11-10-13-34(38(49)42-33)44-39(50)54-40(5,6)7/h14-21,27,33-36,47H,8-13,22-26H2,1-7H3,(H,41,46)(H,42,49)(H,43,48)(H,44,50)/t33-,34-,35-,36+/m0/s1. The third-order valence-corrected chi connectivity index (χ3v) is 10.9. The van der Waals surface area contributed by atoms with Gasteiger partial charge in [-0.05, 0) is 107 Å². The SMILES string of the molecule is CCCC[C@@H]1NC(=O)[C@@H](NC(=O)OC(C)(C)C)CCCCOc2ccc(cc2)C[C@@H]([C@H](O)CN(CCC(C)C)S(=O)(=O)c2ccc(NC(C)=O)cc2)NC1=O. The number of nitrogens with zero attached hydrogens (tertiary/aromatic N) is 1. The molecule has 2 aromatic carbocycles. The van der Waals surface area contributed by atoms with Gasteiger partial charge in [0.25, 0.3) is 0 Å². The first-order valence-corrected chi connectivity index (χ1v) is 20.7. The summed E-state index contributed by atoms with van der Waals surface area (Å²) < 4.78 is 40.7. The van der Waals surface area contributed by atoms with E-state index in [0.717, 1.165) is 12.0 Å². The Labute approximate surface area is 326 Å². The molecular weight excluding hydrogens is 727 g/mol. The molecule has 4 atom stereocenters. The molecule has 2 bridgehead atoms. The lowest BCUT2D eigenvalue weighted by molar-refractivity contribution is -0.131. The first kappa shape index (κ1) is 45.2. The van der Waals surface area contributed by atoms with E-state index in [-0.39, 0.29) is 42.7 Å². The van der Waals surface area contributed by atoms with Crippen LogP contribution in [0.5, 0.6) is 5.75 Å². The van der Waals surface area contributed by atoms with Gasteiger partial charge in [0.05, 0.1) is 23.6 Å². The van der Waals surface area contributed by atoms with Crippen molar-refractivity contribution in [2.45, 2.75) is 135 Å². The molecule has 0 aromatic heterocycles. The van der Waals surface area contributed by atoms with Crippen molar-refractivity contribution in [1.29, 1.82) is 0 Å². The second-order valence-electron chi connectivity index (χ2n) is 15.5. The molecule has 306 valence electrons. The number of amides is 4. The summed E-state index contributed by atoms with van der Waals surface area (Å²) in [6.45, 7) is 12.6. The Bertz CT molecular complexity index is 1660. The lowest BCUT2D eigenvalue weighted by atomic mass is 9.99. The molecule has 0 unspecified atom stereocenters. The van der Waals surface area contributed by atoms with E-state index in [0.29, 0.717) is 50.1 Å². The van der Waals surface area contributed by atoms with E-state index in [2.05, 4.69) is 21.3 Å². The highest BCUT2D eigenvalue weighted by molar-refractivity contribution is 7.89. The number of hydrogen-bond donors (Lipinski definition) is 5. The maximum atomic E-state index is 14.1. The molecule has 0 spiro atoms. The van der Waals surface area contributed by atoms with E-state index in [1.165, 1.54) is 35.5 Å². The highest BCUT2D eigenvalue weighted by atomic mass is 32.2. The maximum Gasteiger partial charge on any atom is 0.408 e. The molecule has 4 rings (SSSR count). The fraction of sp³-hybridized carbons (Fsp3) is 0.600. The van der Waals surface area contributed by atoms with Crippen LogP contribution in [-0.2, 0) is 35.6 Å². The van der Waals surface area contributed by atoms with Crippen molar-refractivity contribution in [1.82, 2.24) is 20.3 Å². The molecule has 0 radical (unpaired) electrons. The summed E-state index contributed by atoms with van der Waals surface area (Å²) in [6.07, 6.45) is 1.59. The summed E-state index contributed by atoms with van der Waals surface area (Å²) in [7, 11) is -4.13. The number of hydrogen-bond acceptors (Lipinski definition) is 9. The first-order valence-electron chi connectivity index (χ1n) is 19.3. The Balaban J connectivity index is 1.97. The molecule has 55 heavy (non-hydrogen) atoms. The number of aliphatic hydroxyl groups excluding tert-OH is 1. The van der Waals surface area contributed by atoms with Crippen molar-refractivity contribution in [3.05, 3.63) is 54.1 Å². The fourth-order valence-corrected chi connectivity index (χ4v) is 7.43. The van der Waals surface area contributed by atoms with Gasteiger partial charge >= 0.3 is 6.09 Å². The Morgan fingerprint density at radius 2 is 1.69 bits per heavy atom. The van der Waals surface area contributed by atoms with E-state index in [1.54, 1.807) is 32.9 Å². The van der Waals surface area contributed by atoms with E-state index in [4.69, 9.17) is 9.47 Å². The summed E-state index contributed by atoms with van der Waals surface area (Å²) in [5.41, 5.74) is 0.418. The largest absolute Gasteiger partial charge is 0.494 e. The normalized spacial score (nSPS) is 19.5. The van der Waals surface area contributed by atoms with Crippen LogP contribution in [0, 0.1) is 5.92 Å². The minimum atomic E-state index is -4.13. The van der Waals surface area contributed by atoms with Crippen LogP contribution in [0.2, 0.25) is 0 Å². The minimum Gasteiger partial charge on any atom is -0.494 e. The van der Waals surface area contributed by atoms with Crippen LogP contribution in [0.3, 0.4) is 0 Å². The maximum absolute atomic E-state index is 14.1. The van der Waals surface area contributed by atoms with Crippen LogP contribution >= 0.6 is 0 Å². The molecule has 0 fully saturated rings. The second kappa shape index (κ2) is 21.2. The Morgan fingerprint density at radius 3 is 2.29 bits per heavy atom. The van der Waals surface area contributed by atoms with Gasteiger partial charge in [0.2, 0.25) is 27.7 Å². The third-order valence-electron chi connectivity index (χ3n) is 8.97. The number of ether oxygens (including phenoxy) is 2. The molecule has 2 aliphatic rings. The van der Waals surface area contributed by atoms with Crippen LogP contribution in [0.25, 0.3) is 0 Å². The lowest BCUT2D eigenvalue weighted by Crippen LogP contribution is -2.57. The summed E-state index contributed by atoms with van der Waals surface area (Å²) in [5, 5.41) is 22.9. The molecule has 0 saturated carbocycles. The Morgan fingerprint density at radius 1 is 1.02 bits per heavy atom. The van der Waals surface area contributed by atoms with Crippen molar-refractivity contribution < 1.29 is 42.2 Å². The van der Waals surface area contributed by atoms with Crippen LogP contribution in [0.4, 0.5) is 10.5 Å². The van der Waals surface area contributed by atoms with Gasteiger partial charge in [0.1, 0.15) is 23.4 Å². The second-order valence-corrected chi connectivity index (χ2v) is 17.5. The average Bonchev–Trinajstić information content (AvgIpc) is 3.10. The van der Waals surface area contributed by atoms with Gasteiger partial charge in [0, 0.05) is 25.7 Å². The summed E-state index contributed by atoms with van der Waals surface area (Å²) in [4.78, 5) is 52.1. The smallest absolute Gasteiger partial charge is 0.408 e. The molecule has 15 heteroatoms. The number of benzene rings is 2. The van der Waals surface area contributed by atoms with Gasteiger partial charge in [-0.25, -0.2) is 13.2 Å². The van der Waals surface area contributed by atoms with Gasteiger partial charge in [-0.2, -0.15) is 4.31 Å². The molecule has 2 aliphatic heterocycles. The number of carbonyl (C=O) groups is 4. The third kappa shape index (κ3) is 15.5. The zero-order valence-electron chi connectivity index (χ0n) is 33.4. The lowest BCUT2D eigenvalue weighted by Gasteiger charge is -2.31. The molecule has 2 heterocycles. The Kier molecular flexibility index (Phi) is 17.4. The molecule has 14 nitrogen and oxygen atoms in total. The van der Waals surface area contributed by atoms with Crippen molar-refractivity contribution in [2.75, 3.05) is 25.0 Å². The molecule has 4 amide bonds. The Hall–Kier alpha value is -4.21.